The monoisotopic (exact) mass is 349 g/mol. The number of aromatic nitrogens is 2. The van der Waals surface area contributed by atoms with Gasteiger partial charge in [-0.1, -0.05) is 23.7 Å². The summed E-state index contributed by atoms with van der Waals surface area (Å²) in [7, 11) is 3.15. The molecule has 0 bridgehead atoms. The molecule has 128 valence electrons. The number of nitrogens with zero attached hydrogens (tertiary/aromatic N) is 3. The van der Waals surface area contributed by atoms with E-state index in [0.717, 1.165) is 24.1 Å². The smallest absolute Gasteiger partial charge is 0.330 e. The van der Waals surface area contributed by atoms with E-state index >= 15 is 0 Å². The minimum atomic E-state index is -0.315. The molecule has 7 heteroatoms. The summed E-state index contributed by atoms with van der Waals surface area (Å²) >= 11 is 6.12. The van der Waals surface area contributed by atoms with Gasteiger partial charge in [0.1, 0.15) is 11.9 Å². The minimum Gasteiger partial charge on any atom is -0.487 e. The fourth-order valence-electron chi connectivity index (χ4n) is 2.99. The van der Waals surface area contributed by atoms with Crippen LogP contribution in [0.25, 0.3) is 0 Å². The third kappa shape index (κ3) is 3.39. The summed E-state index contributed by atoms with van der Waals surface area (Å²) in [6.45, 7) is 2.06. The van der Waals surface area contributed by atoms with Crippen molar-refractivity contribution in [2.24, 2.45) is 14.1 Å². The molecule has 0 spiro atoms. The standard InChI is InChI=1S/C17H20ClN3O3/c1-19-9-12(16(22)20(2)17(19)23)10-21-8-7-13(11-21)24-15-6-4-3-5-14(15)18/h3-6,9,13H,7-8,10-11H2,1-2H3. The van der Waals surface area contributed by atoms with Crippen LogP contribution in [-0.4, -0.2) is 33.2 Å². The van der Waals surface area contributed by atoms with Gasteiger partial charge in [0.25, 0.3) is 5.56 Å². The zero-order chi connectivity index (χ0) is 17.3. The summed E-state index contributed by atoms with van der Waals surface area (Å²) < 4.78 is 8.54. The van der Waals surface area contributed by atoms with Gasteiger partial charge in [-0.25, -0.2) is 4.79 Å². The second-order valence-corrected chi connectivity index (χ2v) is 6.51. The Kier molecular flexibility index (Phi) is 4.78. The summed E-state index contributed by atoms with van der Waals surface area (Å²) in [6, 6.07) is 7.42. The van der Waals surface area contributed by atoms with E-state index in [1.165, 1.54) is 11.6 Å². The molecular formula is C17H20ClN3O3. The van der Waals surface area contributed by atoms with Gasteiger partial charge in [-0.2, -0.15) is 0 Å². The number of benzene rings is 1. The van der Waals surface area contributed by atoms with E-state index < -0.39 is 0 Å². The summed E-state index contributed by atoms with van der Waals surface area (Å²) in [5.41, 5.74) is 0.0525. The van der Waals surface area contributed by atoms with Crippen molar-refractivity contribution in [1.29, 1.82) is 0 Å². The van der Waals surface area contributed by atoms with Gasteiger partial charge < -0.3 is 9.30 Å². The van der Waals surface area contributed by atoms with Crippen LogP contribution in [0.5, 0.6) is 5.75 Å². The summed E-state index contributed by atoms with van der Waals surface area (Å²) in [5, 5.41) is 0.600. The van der Waals surface area contributed by atoms with E-state index in [-0.39, 0.29) is 17.4 Å². The van der Waals surface area contributed by atoms with Gasteiger partial charge in [0.2, 0.25) is 0 Å². The average Bonchev–Trinajstić information content (AvgIpc) is 3.00. The van der Waals surface area contributed by atoms with Crippen molar-refractivity contribution in [3.63, 3.8) is 0 Å². The van der Waals surface area contributed by atoms with Crippen LogP contribution in [0.4, 0.5) is 0 Å². The zero-order valence-corrected chi connectivity index (χ0v) is 14.5. The number of likely N-dealkylation sites (tertiary alicyclic amines) is 1. The fourth-order valence-corrected chi connectivity index (χ4v) is 3.17. The number of para-hydroxylation sites is 1. The third-order valence-electron chi connectivity index (χ3n) is 4.27. The van der Waals surface area contributed by atoms with Crippen LogP contribution in [0, 0.1) is 0 Å². The largest absolute Gasteiger partial charge is 0.487 e. The first-order chi connectivity index (χ1) is 11.5. The molecule has 2 aromatic rings. The average molecular weight is 350 g/mol. The number of hydrogen-bond acceptors (Lipinski definition) is 4. The molecule has 0 aliphatic carbocycles. The molecule has 1 aromatic carbocycles. The van der Waals surface area contributed by atoms with Gasteiger partial charge in [0.05, 0.1) is 5.02 Å². The van der Waals surface area contributed by atoms with Crippen LogP contribution < -0.4 is 16.0 Å². The fraction of sp³-hybridized carbons (Fsp3) is 0.412. The molecule has 1 aliphatic rings. The van der Waals surface area contributed by atoms with E-state index in [2.05, 4.69) is 4.90 Å². The van der Waals surface area contributed by atoms with E-state index in [1.54, 1.807) is 19.3 Å². The Bertz CT molecular complexity index is 859. The Balaban J connectivity index is 1.68. The SMILES string of the molecule is Cn1cc(CN2CCC(Oc3ccccc3Cl)C2)c(=O)n(C)c1=O. The Morgan fingerprint density at radius 3 is 2.75 bits per heavy atom. The van der Waals surface area contributed by atoms with Gasteiger partial charge in [0, 0.05) is 45.5 Å². The van der Waals surface area contributed by atoms with Gasteiger partial charge in [-0.15, -0.1) is 0 Å². The van der Waals surface area contributed by atoms with E-state index in [0.29, 0.717) is 22.9 Å². The number of aryl methyl sites for hydroxylation is 1. The Labute approximate surface area is 144 Å². The maximum Gasteiger partial charge on any atom is 0.330 e. The predicted molar refractivity (Wildman–Crippen MR) is 92.7 cm³/mol. The van der Waals surface area contributed by atoms with Gasteiger partial charge in [-0.05, 0) is 18.6 Å². The van der Waals surface area contributed by atoms with Gasteiger partial charge >= 0.3 is 5.69 Å². The lowest BCUT2D eigenvalue weighted by atomic mass is 10.3. The summed E-state index contributed by atoms with van der Waals surface area (Å²) in [4.78, 5) is 26.1. The highest BCUT2D eigenvalue weighted by Gasteiger charge is 2.25. The molecule has 3 rings (SSSR count). The lowest BCUT2D eigenvalue weighted by Crippen LogP contribution is -2.40. The molecule has 0 amide bonds. The minimum absolute atomic E-state index is 0.0429. The van der Waals surface area contributed by atoms with Crippen molar-refractivity contribution in [3.8, 4) is 5.75 Å². The maximum absolute atomic E-state index is 12.2. The molecule has 1 aliphatic heterocycles. The van der Waals surface area contributed by atoms with Crippen molar-refractivity contribution in [3.05, 3.63) is 61.9 Å². The second-order valence-electron chi connectivity index (χ2n) is 6.11. The summed E-state index contributed by atoms with van der Waals surface area (Å²) in [6.07, 6.45) is 2.53. The molecule has 2 heterocycles. The van der Waals surface area contributed by atoms with Gasteiger partial charge in [0.15, 0.2) is 0 Å². The van der Waals surface area contributed by atoms with Crippen molar-refractivity contribution >= 4 is 11.6 Å². The molecule has 1 unspecified atom stereocenters. The van der Waals surface area contributed by atoms with E-state index in [9.17, 15) is 9.59 Å². The van der Waals surface area contributed by atoms with Crippen LogP contribution in [-0.2, 0) is 20.6 Å². The first-order valence-electron chi connectivity index (χ1n) is 7.85. The highest BCUT2D eigenvalue weighted by molar-refractivity contribution is 6.32. The first-order valence-corrected chi connectivity index (χ1v) is 8.22. The van der Waals surface area contributed by atoms with Crippen LogP contribution in [0.1, 0.15) is 12.0 Å². The number of halogens is 1. The highest BCUT2D eigenvalue weighted by Crippen LogP contribution is 2.26. The number of ether oxygens (including phenoxy) is 1. The first kappa shape index (κ1) is 16.8. The van der Waals surface area contributed by atoms with Crippen molar-refractivity contribution < 1.29 is 4.74 Å². The lowest BCUT2D eigenvalue weighted by molar-refractivity contribution is 0.198. The normalized spacial score (nSPS) is 18.0. The number of rotatable bonds is 4. The molecule has 0 saturated carbocycles. The molecule has 1 atom stereocenters. The van der Waals surface area contributed by atoms with E-state index in [4.69, 9.17) is 16.3 Å². The number of hydrogen-bond donors (Lipinski definition) is 0. The third-order valence-corrected chi connectivity index (χ3v) is 4.58. The van der Waals surface area contributed by atoms with Crippen LogP contribution >= 0.6 is 11.6 Å². The van der Waals surface area contributed by atoms with Crippen LogP contribution in [0.15, 0.2) is 40.1 Å². The Morgan fingerprint density at radius 1 is 1.25 bits per heavy atom. The van der Waals surface area contributed by atoms with Crippen molar-refractivity contribution in [2.75, 3.05) is 13.1 Å². The molecule has 0 N–H and O–H groups in total. The zero-order valence-electron chi connectivity index (χ0n) is 13.7. The molecule has 1 aromatic heterocycles. The molecule has 1 fully saturated rings. The topological polar surface area (TPSA) is 56.5 Å². The van der Waals surface area contributed by atoms with Crippen LogP contribution in [0.2, 0.25) is 5.02 Å². The molecule has 0 radical (unpaired) electrons. The second kappa shape index (κ2) is 6.83. The Hall–Kier alpha value is -2.05. The van der Waals surface area contributed by atoms with E-state index in [1.807, 2.05) is 18.2 Å². The molecule has 24 heavy (non-hydrogen) atoms. The summed E-state index contributed by atoms with van der Waals surface area (Å²) in [5.74, 6) is 0.684. The van der Waals surface area contributed by atoms with Crippen molar-refractivity contribution in [2.45, 2.75) is 19.1 Å². The Morgan fingerprint density at radius 2 is 2.00 bits per heavy atom. The van der Waals surface area contributed by atoms with Gasteiger partial charge in [-0.3, -0.25) is 14.3 Å². The lowest BCUT2D eigenvalue weighted by Gasteiger charge is -2.17. The molecular weight excluding hydrogens is 330 g/mol. The van der Waals surface area contributed by atoms with Crippen LogP contribution in [0.3, 0.4) is 0 Å². The quantitative estimate of drug-likeness (QED) is 0.837. The predicted octanol–water partition coefficient (Wildman–Crippen LogP) is 1.39. The highest BCUT2D eigenvalue weighted by atomic mass is 35.5. The van der Waals surface area contributed by atoms with Crippen molar-refractivity contribution in [1.82, 2.24) is 14.0 Å². The molecule has 1 saturated heterocycles. The maximum atomic E-state index is 12.2. The molecule has 6 nitrogen and oxygen atoms in total.